The van der Waals surface area contributed by atoms with Gasteiger partial charge in [0.15, 0.2) is 0 Å². The lowest BCUT2D eigenvalue weighted by atomic mass is 9.83. The Hall–Kier alpha value is -5.22. The first-order valence-electron chi connectivity index (χ1n) is 14.4. The van der Waals surface area contributed by atoms with E-state index >= 15 is 0 Å². The summed E-state index contributed by atoms with van der Waals surface area (Å²) in [5.41, 5.74) is 9.69. The second kappa shape index (κ2) is 9.67. The Balaban J connectivity index is 1.39. The molecule has 0 aromatic heterocycles. The zero-order chi connectivity index (χ0) is 29.1. The first-order valence-corrected chi connectivity index (χ1v) is 16.6. The van der Waals surface area contributed by atoms with Crippen LogP contribution in [0.4, 0.5) is 0 Å². The van der Waals surface area contributed by atoms with Crippen molar-refractivity contribution < 1.29 is 4.57 Å². The van der Waals surface area contributed by atoms with E-state index in [1.807, 2.05) is 55.2 Å². The first kappa shape index (κ1) is 25.5. The zero-order valence-electron chi connectivity index (χ0n) is 23.6. The van der Waals surface area contributed by atoms with Crippen molar-refractivity contribution in [1.82, 2.24) is 0 Å². The Morgan fingerprint density at radius 1 is 0.465 bits per heavy atom. The quantitative estimate of drug-likeness (QED) is 0.158. The van der Waals surface area contributed by atoms with Crippen molar-refractivity contribution in [1.29, 1.82) is 5.26 Å². The zero-order valence-corrected chi connectivity index (χ0v) is 24.5. The van der Waals surface area contributed by atoms with Gasteiger partial charge < -0.3 is 4.57 Å². The van der Waals surface area contributed by atoms with Gasteiger partial charge in [0, 0.05) is 16.2 Å². The first-order chi connectivity index (χ1) is 21.1. The van der Waals surface area contributed by atoms with Crippen LogP contribution >= 0.6 is 7.14 Å². The number of hydrogen-bond donors (Lipinski definition) is 0. The molecule has 0 N–H and O–H groups in total. The highest BCUT2D eigenvalue weighted by Crippen LogP contribution is 2.54. The summed E-state index contributed by atoms with van der Waals surface area (Å²) in [4.78, 5) is 0. The van der Waals surface area contributed by atoms with Gasteiger partial charge in [-0.1, -0.05) is 127 Å². The van der Waals surface area contributed by atoms with E-state index in [9.17, 15) is 9.83 Å². The number of nitriles is 1. The van der Waals surface area contributed by atoms with Gasteiger partial charge >= 0.3 is 0 Å². The van der Waals surface area contributed by atoms with Gasteiger partial charge in [-0.2, -0.15) is 5.26 Å². The smallest absolute Gasteiger partial charge is 0.141 e. The van der Waals surface area contributed by atoms with Crippen molar-refractivity contribution >= 4 is 39.3 Å². The molecule has 0 bridgehead atoms. The standard InChI is InChI=1S/C40H26NOP/c1-43(42)36-15-7-6-13-34(36)40-35(14-8-16-37(40)43)39-32-11-4-2-9-30(32)38(31-10-3-5-12-33(31)39)29-23-21-28(22-24-29)27-19-17-26(25-41)18-20-27/h2-24H,1H3. The fraction of sp³-hybridized carbons (Fsp3) is 0.0250. The van der Waals surface area contributed by atoms with Gasteiger partial charge in [-0.15, -0.1) is 0 Å². The van der Waals surface area contributed by atoms with Crippen molar-refractivity contribution in [3.8, 4) is 50.6 Å². The van der Waals surface area contributed by atoms with E-state index in [0.717, 1.165) is 44.0 Å². The second-order valence-electron chi connectivity index (χ2n) is 11.2. The van der Waals surface area contributed by atoms with Crippen LogP contribution in [0.1, 0.15) is 5.56 Å². The summed E-state index contributed by atoms with van der Waals surface area (Å²) >= 11 is 0. The molecular formula is C40H26NOP. The molecule has 1 atom stereocenters. The van der Waals surface area contributed by atoms with Gasteiger partial charge in [-0.05, 0) is 79.3 Å². The highest BCUT2D eigenvalue weighted by atomic mass is 31.2. The summed E-state index contributed by atoms with van der Waals surface area (Å²) in [5.74, 6) is 0. The Bertz CT molecular complexity index is 2270. The number of nitrogens with zero attached hydrogens (tertiary/aromatic N) is 1. The van der Waals surface area contributed by atoms with Gasteiger partial charge in [0.1, 0.15) is 7.14 Å². The molecule has 0 saturated carbocycles. The maximum absolute atomic E-state index is 14.2. The van der Waals surface area contributed by atoms with Crippen molar-refractivity contribution in [3.05, 3.63) is 145 Å². The van der Waals surface area contributed by atoms with E-state index in [2.05, 4.69) is 97.1 Å². The van der Waals surface area contributed by atoms with E-state index in [-0.39, 0.29) is 0 Å². The molecule has 7 aromatic rings. The summed E-state index contributed by atoms with van der Waals surface area (Å²) < 4.78 is 14.2. The van der Waals surface area contributed by atoms with Crippen molar-refractivity contribution in [2.75, 3.05) is 6.66 Å². The minimum Gasteiger partial charge on any atom is -0.314 e. The normalized spacial score (nSPS) is 15.3. The van der Waals surface area contributed by atoms with E-state index in [1.54, 1.807) is 0 Å². The van der Waals surface area contributed by atoms with E-state index in [4.69, 9.17) is 0 Å². The predicted octanol–water partition coefficient (Wildman–Crippen LogP) is 9.79. The Morgan fingerprint density at radius 2 is 0.930 bits per heavy atom. The molecule has 0 radical (unpaired) electrons. The number of fused-ring (bicyclic) bond motifs is 5. The van der Waals surface area contributed by atoms with Gasteiger partial charge in [0.25, 0.3) is 0 Å². The molecule has 1 unspecified atom stereocenters. The molecule has 202 valence electrons. The molecule has 1 aliphatic rings. The lowest BCUT2D eigenvalue weighted by Gasteiger charge is -2.20. The van der Waals surface area contributed by atoms with E-state index in [0.29, 0.717) is 5.56 Å². The fourth-order valence-electron chi connectivity index (χ4n) is 6.87. The van der Waals surface area contributed by atoms with Crippen LogP contribution in [0.3, 0.4) is 0 Å². The minimum atomic E-state index is -2.70. The van der Waals surface area contributed by atoms with Crippen LogP contribution in [-0.2, 0) is 4.57 Å². The van der Waals surface area contributed by atoms with Crippen LogP contribution in [0.15, 0.2) is 140 Å². The monoisotopic (exact) mass is 567 g/mol. The molecule has 0 spiro atoms. The van der Waals surface area contributed by atoms with Crippen LogP contribution in [0.2, 0.25) is 0 Å². The third kappa shape index (κ3) is 3.83. The Labute approximate surface area is 250 Å². The molecule has 1 heterocycles. The average molecular weight is 568 g/mol. The largest absolute Gasteiger partial charge is 0.314 e. The molecular weight excluding hydrogens is 541 g/mol. The number of hydrogen-bond acceptors (Lipinski definition) is 2. The summed E-state index contributed by atoms with van der Waals surface area (Å²) in [7, 11) is -2.70. The summed E-state index contributed by atoms with van der Waals surface area (Å²) in [5, 5.41) is 15.8. The molecule has 0 amide bonds. The van der Waals surface area contributed by atoms with Crippen molar-refractivity contribution in [2.24, 2.45) is 0 Å². The molecule has 2 nitrogen and oxygen atoms in total. The van der Waals surface area contributed by atoms with Gasteiger partial charge in [0.05, 0.1) is 11.6 Å². The summed E-state index contributed by atoms with van der Waals surface area (Å²) in [6.45, 7) is 1.91. The molecule has 1 aliphatic heterocycles. The van der Waals surface area contributed by atoms with Crippen LogP contribution in [0.5, 0.6) is 0 Å². The molecule has 0 saturated heterocycles. The molecule has 43 heavy (non-hydrogen) atoms. The van der Waals surface area contributed by atoms with Crippen molar-refractivity contribution in [3.63, 3.8) is 0 Å². The second-order valence-corrected chi connectivity index (χ2v) is 14.1. The molecule has 7 aromatic carbocycles. The van der Waals surface area contributed by atoms with Crippen LogP contribution in [0.25, 0.3) is 66.1 Å². The molecule has 0 aliphatic carbocycles. The van der Waals surface area contributed by atoms with Crippen molar-refractivity contribution in [2.45, 2.75) is 0 Å². The maximum Gasteiger partial charge on any atom is 0.141 e. The summed E-state index contributed by atoms with van der Waals surface area (Å²) in [6.07, 6.45) is 0. The number of rotatable bonds is 3. The highest BCUT2D eigenvalue weighted by Gasteiger charge is 2.36. The SMILES string of the molecule is CP1(=O)c2ccccc2-c2c(-c3c4ccccc4c(-c4ccc(-c5ccc(C#N)cc5)cc4)c4ccccc34)cccc21. The third-order valence-corrected chi connectivity index (χ3v) is 11.5. The minimum absolute atomic E-state index is 0.660. The maximum atomic E-state index is 14.2. The molecule has 0 fully saturated rings. The van der Waals surface area contributed by atoms with Gasteiger partial charge in [0.2, 0.25) is 0 Å². The molecule has 3 heteroatoms. The average Bonchev–Trinajstić information content (AvgIpc) is 3.30. The fourth-order valence-corrected chi connectivity index (χ4v) is 9.18. The topological polar surface area (TPSA) is 40.9 Å². The van der Waals surface area contributed by atoms with E-state index < -0.39 is 7.14 Å². The lowest BCUT2D eigenvalue weighted by molar-refractivity contribution is 0.591. The lowest BCUT2D eigenvalue weighted by Crippen LogP contribution is -2.08. The Kier molecular flexibility index (Phi) is 5.73. The van der Waals surface area contributed by atoms with Crippen LogP contribution < -0.4 is 10.6 Å². The van der Waals surface area contributed by atoms with E-state index in [1.165, 1.54) is 32.7 Å². The van der Waals surface area contributed by atoms with Crippen LogP contribution in [0, 0.1) is 11.3 Å². The summed E-state index contributed by atoms with van der Waals surface area (Å²) in [6, 6.07) is 50.5. The van der Waals surface area contributed by atoms with Crippen LogP contribution in [-0.4, -0.2) is 6.66 Å². The van der Waals surface area contributed by atoms with Gasteiger partial charge in [-0.3, -0.25) is 0 Å². The Morgan fingerprint density at radius 3 is 1.53 bits per heavy atom. The highest BCUT2D eigenvalue weighted by molar-refractivity contribution is 7.79. The third-order valence-electron chi connectivity index (χ3n) is 8.86. The molecule has 8 rings (SSSR count). The number of benzene rings is 7. The van der Waals surface area contributed by atoms with Gasteiger partial charge in [-0.25, -0.2) is 0 Å². The predicted molar refractivity (Wildman–Crippen MR) is 181 cm³/mol.